The largest absolute Gasteiger partial charge is 0.480 e. The fourth-order valence-corrected chi connectivity index (χ4v) is 4.82. The molecule has 1 heterocycles. The Morgan fingerprint density at radius 1 is 1.22 bits per heavy atom. The molecule has 12 N–H and O–H groups in total. The van der Waals surface area contributed by atoms with Gasteiger partial charge in [-0.2, -0.15) is 0 Å². The van der Waals surface area contributed by atoms with Gasteiger partial charge in [-0.25, -0.2) is 4.79 Å². The van der Waals surface area contributed by atoms with E-state index in [2.05, 4.69) is 15.6 Å². The number of carbonyl (C=O) groups is 4. The van der Waals surface area contributed by atoms with Gasteiger partial charge in [-0.3, -0.25) is 19.4 Å². The smallest absolute Gasteiger partial charge is 0.326 e. The lowest BCUT2D eigenvalue weighted by Crippen LogP contribution is -2.69. The number of aliphatic hydroxyl groups is 1. The molecular weight excluding hydrogens is 472 g/mol. The number of nitrogens with two attached hydrogens (primary N) is 4. The third-order valence-electron chi connectivity index (χ3n) is 6.82. The average molecular weight is 513 g/mol. The minimum atomic E-state index is -1.25. The van der Waals surface area contributed by atoms with Gasteiger partial charge in [0.15, 0.2) is 5.96 Å². The molecule has 0 aromatic heterocycles. The van der Waals surface area contributed by atoms with Gasteiger partial charge >= 0.3 is 5.97 Å². The fourth-order valence-electron chi connectivity index (χ4n) is 4.82. The molecule has 1 saturated carbocycles. The number of hydrogen-bond acceptors (Lipinski definition) is 8. The number of guanidine groups is 1. The predicted octanol–water partition coefficient (Wildman–Crippen LogP) is -3.08. The molecular formula is C22H40N8O6. The van der Waals surface area contributed by atoms with Crippen molar-refractivity contribution in [2.24, 2.45) is 33.8 Å². The molecule has 14 heteroatoms. The van der Waals surface area contributed by atoms with Crippen LogP contribution >= 0.6 is 0 Å². The molecule has 2 rings (SSSR count). The van der Waals surface area contributed by atoms with Crippen molar-refractivity contribution in [2.75, 3.05) is 19.6 Å². The van der Waals surface area contributed by atoms with Gasteiger partial charge < -0.3 is 48.7 Å². The van der Waals surface area contributed by atoms with Crippen LogP contribution in [0.5, 0.6) is 0 Å². The van der Waals surface area contributed by atoms with Gasteiger partial charge in [-0.05, 0) is 64.3 Å². The minimum absolute atomic E-state index is 0.105. The maximum absolute atomic E-state index is 13.7. The van der Waals surface area contributed by atoms with Crippen molar-refractivity contribution in [3.05, 3.63) is 0 Å². The number of amides is 3. The standard InChI is InChI=1S/C22H40N8O6/c1-12(31)16(24)18(33)29-22(10-13(11-22)6-7-23)20(36)30-9-3-5-15(30)17(32)28-14(19(34)35)4-2-8-27-21(25)26/h12-16,31H,2-11,23-24H2,1H3,(H,28,32)(H,29,33)(H,34,35)(H4,25,26,27)/t12?,13?,14-,15-,16-,22?/m0/s1. The lowest BCUT2D eigenvalue weighted by atomic mass is 9.65. The number of aliphatic imine (C=N–C) groups is 1. The summed E-state index contributed by atoms with van der Waals surface area (Å²) in [6.07, 6.45) is 1.61. The van der Waals surface area contributed by atoms with Crippen LogP contribution in [0.25, 0.3) is 0 Å². The summed E-state index contributed by atoms with van der Waals surface area (Å²) in [5.74, 6) is -2.83. The molecule has 1 aliphatic carbocycles. The van der Waals surface area contributed by atoms with Crippen LogP contribution in [0.15, 0.2) is 4.99 Å². The van der Waals surface area contributed by atoms with Crippen LogP contribution in [-0.2, 0) is 19.2 Å². The number of rotatable bonds is 13. The Morgan fingerprint density at radius 2 is 1.89 bits per heavy atom. The number of aliphatic carboxylic acids is 1. The molecule has 1 saturated heterocycles. The summed E-state index contributed by atoms with van der Waals surface area (Å²) >= 11 is 0. The van der Waals surface area contributed by atoms with Crippen molar-refractivity contribution in [1.29, 1.82) is 0 Å². The van der Waals surface area contributed by atoms with E-state index >= 15 is 0 Å². The molecule has 2 aliphatic rings. The number of aliphatic hydroxyl groups excluding tert-OH is 1. The molecule has 1 aliphatic heterocycles. The maximum atomic E-state index is 13.7. The van der Waals surface area contributed by atoms with Crippen molar-refractivity contribution in [2.45, 2.75) is 81.6 Å². The first-order valence-electron chi connectivity index (χ1n) is 12.3. The lowest BCUT2D eigenvalue weighted by molar-refractivity contribution is -0.153. The molecule has 1 unspecified atom stereocenters. The van der Waals surface area contributed by atoms with Crippen molar-refractivity contribution >= 4 is 29.7 Å². The Labute approximate surface area is 210 Å². The summed E-state index contributed by atoms with van der Waals surface area (Å²) in [6.45, 7) is 2.33. The SMILES string of the molecule is CC(O)[C@H](N)C(=O)NC1(C(=O)N2CCC[C@H]2C(=O)N[C@@H](CCCN=C(N)N)C(=O)O)CC(CCN)C1. The van der Waals surface area contributed by atoms with Gasteiger partial charge in [0.25, 0.3) is 0 Å². The second kappa shape index (κ2) is 12.8. The molecule has 0 bridgehead atoms. The highest BCUT2D eigenvalue weighted by atomic mass is 16.4. The lowest BCUT2D eigenvalue weighted by Gasteiger charge is -2.49. The summed E-state index contributed by atoms with van der Waals surface area (Å²) < 4.78 is 0. The molecule has 3 amide bonds. The zero-order valence-corrected chi connectivity index (χ0v) is 20.7. The first-order chi connectivity index (χ1) is 16.9. The van der Waals surface area contributed by atoms with Crippen LogP contribution in [0, 0.1) is 5.92 Å². The van der Waals surface area contributed by atoms with Gasteiger partial charge in [0, 0.05) is 13.1 Å². The number of nitrogens with one attached hydrogen (secondary N) is 2. The van der Waals surface area contributed by atoms with Gasteiger partial charge in [0.2, 0.25) is 17.7 Å². The van der Waals surface area contributed by atoms with E-state index in [1.54, 1.807) is 0 Å². The molecule has 36 heavy (non-hydrogen) atoms. The Bertz CT molecular complexity index is 840. The molecule has 14 nitrogen and oxygen atoms in total. The van der Waals surface area contributed by atoms with Crippen LogP contribution in [0.2, 0.25) is 0 Å². The summed E-state index contributed by atoms with van der Waals surface area (Å²) in [5, 5.41) is 24.5. The first-order valence-corrected chi connectivity index (χ1v) is 12.3. The maximum Gasteiger partial charge on any atom is 0.326 e. The number of nitrogens with zero attached hydrogens (tertiary/aromatic N) is 2. The topological polar surface area (TPSA) is 252 Å². The van der Waals surface area contributed by atoms with E-state index in [9.17, 15) is 29.4 Å². The van der Waals surface area contributed by atoms with E-state index in [4.69, 9.17) is 22.9 Å². The zero-order chi connectivity index (χ0) is 27.0. The van der Waals surface area contributed by atoms with Crippen molar-refractivity contribution in [3.63, 3.8) is 0 Å². The zero-order valence-electron chi connectivity index (χ0n) is 20.7. The van der Waals surface area contributed by atoms with Crippen LogP contribution in [-0.4, -0.2) is 94.2 Å². The number of likely N-dealkylation sites (tertiary alicyclic amines) is 1. The fraction of sp³-hybridized carbons (Fsp3) is 0.773. The highest BCUT2D eigenvalue weighted by Gasteiger charge is 2.54. The van der Waals surface area contributed by atoms with E-state index in [-0.39, 0.29) is 24.8 Å². The van der Waals surface area contributed by atoms with E-state index in [0.29, 0.717) is 51.6 Å². The molecule has 2 fully saturated rings. The first kappa shape index (κ1) is 29.3. The second-order valence-electron chi connectivity index (χ2n) is 9.69. The third-order valence-corrected chi connectivity index (χ3v) is 6.82. The summed E-state index contributed by atoms with van der Waals surface area (Å²) in [6, 6.07) is -3.25. The van der Waals surface area contributed by atoms with Crippen LogP contribution in [0.1, 0.15) is 51.9 Å². The second-order valence-corrected chi connectivity index (χ2v) is 9.69. The Hall–Kier alpha value is -2.97. The number of hydrogen-bond donors (Lipinski definition) is 8. The van der Waals surface area contributed by atoms with Crippen molar-refractivity contribution < 1.29 is 29.4 Å². The Morgan fingerprint density at radius 3 is 2.44 bits per heavy atom. The van der Waals surface area contributed by atoms with Crippen LogP contribution in [0.4, 0.5) is 0 Å². The van der Waals surface area contributed by atoms with E-state index in [0.717, 1.165) is 0 Å². The van der Waals surface area contributed by atoms with E-state index in [1.165, 1.54) is 11.8 Å². The minimum Gasteiger partial charge on any atom is -0.480 e. The van der Waals surface area contributed by atoms with Crippen molar-refractivity contribution in [3.8, 4) is 0 Å². The molecule has 0 spiro atoms. The summed E-state index contributed by atoms with van der Waals surface area (Å²) in [5.41, 5.74) is 20.7. The highest BCUT2D eigenvalue weighted by Crippen LogP contribution is 2.42. The van der Waals surface area contributed by atoms with Gasteiger partial charge in [-0.15, -0.1) is 0 Å². The normalized spacial score (nSPS) is 25.7. The van der Waals surface area contributed by atoms with Crippen LogP contribution < -0.4 is 33.6 Å². The van der Waals surface area contributed by atoms with Gasteiger partial charge in [0.05, 0.1) is 6.10 Å². The monoisotopic (exact) mass is 512 g/mol. The highest BCUT2D eigenvalue weighted by molar-refractivity contribution is 5.97. The molecule has 0 aromatic carbocycles. The number of carboxylic acid groups (broad SMARTS) is 1. The average Bonchev–Trinajstić information content (AvgIpc) is 3.27. The Kier molecular flexibility index (Phi) is 10.4. The number of carbonyl (C=O) groups excluding carboxylic acids is 3. The van der Waals surface area contributed by atoms with E-state index < -0.39 is 53.5 Å². The Balaban J connectivity index is 2.12. The number of carboxylic acids is 1. The van der Waals surface area contributed by atoms with Crippen LogP contribution in [0.3, 0.4) is 0 Å². The summed E-state index contributed by atoms with van der Waals surface area (Å²) in [4.78, 5) is 56.2. The molecule has 0 radical (unpaired) electrons. The molecule has 0 aromatic rings. The van der Waals surface area contributed by atoms with Crippen molar-refractivity contribution in [1.82, 2.24) is 15.5 Å². The quantitative estimate of drug-likeness (QED) is 0.0701. The molecule has 4 atom stereocenters. The van der Waals surface area contributed by atoms with Gasteiger partial charge in [0.1, 0.15) is 23.7 Å². The van der Waals surface area contributed by atoms with Gasteiger partial charge in [-0.1, -0.05) is 0 Å². The molecule has 204 valence electrons. The third kappa shape index (κ3) is 7.27. The van der Waals surface area contributed by atoms with E-state index in [1.807, 2.05) is 0 Å². The predicted molar refractivity (Wildman–Crippen MR) is 131 cm³/mol. The summed E-state index contributed by atoms with van der Waals surface area (Å²) in [7, 11) is 0.